The number of Topliss-reactive ketones (excluding diaryl/α,β-unsaturated/α-hetero) is 2. The van der Waals surface area contributed by atoms with Crippen LogP contribution in [0.2, 0.25) is 0 Å². The van der Waals surface area contributed by atoms with Crippen LogP contribution in [-0.2, 0) is 4.79 Å². The van der Waals surface area contributed by atoms with E-state index in [0.29, 0.717) is 49.1 Å². The molecule has 1 saturated heterocycles. The highest BCUT2D eigenvalue weighted by atomic mass is 16.5. The predicted molar refractivity (Wildman–Crippen MR) is 136 cm³/mol. The number of phenolic OH excluding ortho intramolecular Hbond substituents is 2. The van der Waals surface area contributed by atoms with Gasteiger partial charge in [-0.05, 0) is 93.1 Å². The van der Waals surface area contributed by atoms with Crippen LogP contribution in [0.3, 0.4) is 0 Å². The van der Waals surface area contributed by atoms with Crippen molar-refractivity contribution in [1.29, 1.82) is 0 Å². The van der Waals surface area contributed by atoms with Gasteiger partial charge in [0.15, 0.2) is 17.3 Å². The Morgan fingerprint density at radius 3 is 2.36 bits per heavy atom. The number of ether oxygens (including phenoxy) is 1. The number of phenols is 2. The second-order valence-electron chi connectivity index (χ2n) is 10.2. The molecule has 2 aliphatic rings. The third-order valence-electron chi connectivity index (χ3n) is 7.71. The molecule has 1 heterocycles. The molecule has 7 heteroatoms. The maximum absolute atomic E-state index is 12.9. The van der Waals surface area contributed by atoms with E-state index in [1.807, 2.05) is 0 Å². The van der Waals surface area contributed by atoms with Crippen molar-refractivity contribution in [2.45, 2.75) is 51.0 Å². The van der Waals surface area contributed by atoms with E-state index in [-0.39, 0.29) is 40.8 Å². The number of benzene rings is 2. The summed E-state index contributed by atoms with van der Waals surface area (Å²) in [5, 5.41) is 30.8. The summed E-state index contributed by atoms with van der Waals surface area (Å²) in [7, 11) is 1.59. The van der Waals surface area contributed by atoms with Crippen LogP contribution in [0.1, 0.15) is 67.0 Å². The van der Waals surface area contributed by atoms with E-state index in [1.165, 1.54) is 12.1 Å². The van der Waals surface area contributed by atoms with Gasteiger partial charge in [0.2, 0.25) is 0 Å². The Hall–Kier alpha value is -2.90. The first-order chi connectivity index (χ1) is 17.4. The Morgan fingerprint density at radius 1 is 1.00 bits per heavy atom. The predicted octanol–water partition coefficient (Wildman–Crippen LogP) is 4.50. The van der Waals surface area contributed by atoms with E-state index >= 15 is 0 Å². The summed E-state index contributed by atoms with van der Waals surface area (Å²) in [6.45, 7) is 2.71. The van der Waals surface area contributed by atoms with Gasteiger partial charge in [0, 0.05) is 36.8 Å². The Bertz CT molecular complexity index is 1050. The summed E-state index contributed by atoms with van der Waals surface area (Å²) in [6, 6.07) is 11.5. The van der Waals surface area contributed by atoms with E-state index in [2.05, 4.69) is 4.90 Å². The standard InChI is InChI=1S/C29H37NO6/c1-36-21-11-8-19(9-12-21)25(31)6-2-3-7-26(32)23-17-22(23)24(18-30-14-4-5-15-30)29(35)20-10-13-27(33)28(34)16-20/h8-13,16,22-24,29,33-35H,2-7,14-15,17-18H2,1H3/t22?,23?,24?,29-/m1/s1. The Morgan fingerprint density at radius 2 is 1.69 bits per heavy atom. The molecule has 4 atom stereocenters. The van der Waals surface area contributed by atoms with E-state index in [9.17, 15) is 24.9 Å². The van der Waals surface area contributed by atoms with Crippen molar-refractivity contribution in [3.05, 3.63) is 53.6 Å². The maximum Gasteiger partial charge on any atom is 0.162 e. The minimum absolute atomic E-state index is 0.0599. The number of aliphatic hydroxyl groups excluding tert-OH is 1. The summed E-state index contributed by atoms with van der Waals surface area (Å²) in [6.07, 6.45) is 4.44. The minimum Gasteiger partial charge on any atom is -0.504 e. The molecule has 0 radical (unpaired) electrons. The second kappa shape index (κ2) is 11.9. The van der Waals surface area contributed by atoms with Crippen molar-refractivity contribution in [3.8, 4) is 17.2 Å². The van der Waals surface area contributed by atoms with Crippen LogP contribution in [0.4, 0.5) is 0 Å². The smallest absolute Gasteiger partial charge is 0.162 e. The summed E-state index contributed by atoms with van der Waals surface area (Å²) in [5.41, 5.74) is 1.22. The number of rotatable bonds is 13. The van der Waals surface area contributed by atoms with Crippen molar-refractivity contribution in [2.75, 3.05) is 26.7 Å². The van der Waals surface area contributed by atoms with E-state index in [1.54, 1.807) is 37.4 Å². The van der Waals surface area contributed by atoms with E-state index in [4.69, 9.17) is 4.74 Å². The van der Waals surface area contributed by atoms with E-state index < -0.39 is 6.10 Å². The van der Waals surface area contributed by atoms with Crippen LogP contribution >= 0.6 is 0 Å². The SMILES string of the molecule is COc1ccc(C(=O)CCCCC(=O)C2CC2C(CN2CCCC2)[C@H](O)c2ccc(O)c(O)c2)cc1. The van der Waals surface area contributed by atoms with Gasteiger partial charge in [-0.25, -0.2) is 0 Å². The van der Waals surface area contributed by atoms with Crippen molar-refractivity contribution in [3.63, 3.8) is 0 Å². The molecule has 3 unspecified atom stereocenters. The van der Waals surface area contributed by atoms with Crippen LogP contribution in [0.15, 0.2) is 42.5 Å². The number of methoxy groups -OCH3 is 1. The number of likely N-dealkylation sites (tertiary alicyclic amines) is 1. The lowest BCUT2D eigenvalue weighted by atomic mass is 9.88. The van der Waals surface area contributed by atoms with Gasteiger partial charge in [0.25, 0.3) is 0 Å². The zero-order valence-corrected chi connectivity index (χ0v) is 20.9. The summed E-state index contributed by atoms with van der Waals surface area (Å²) < 4.78 is 5.13. The van der Waals surface area contributed by atoms with Crippen LogP contribution in [0.25, 0.3) is 0 Å². The number of unbranched alkanes of at least 4 members (excludes halogenated alkanes) is 1. The molecule has 36 heavy (non-hydrogen) atoms. The molecular weight excluding hydrogens is 458 g/mol. The first-order valence-corrected chi connectivity index (χ1v) is 13.0. The lowest BCUT2D eigenvalue weighted by Crippen LogP contribution is -2.32. The molecule has 194 valence electrons. The molecule has 1 aliphatic carbocycles. The van der Waals surface area contributed by atoms with Crippen molar-refractivity contribution in [2.24, 2.45) is 17.8 Å². The fraction of sp³-hybridized carbons (Fsp3) is 0.517. The molecule has 7 nitrogen and oxygen atoms in total. The number of carbonyl (C=O) groups excluding carboxylic acids is 2. The number of aromatic hydroxyl groups is 2. The number of hydrogen-bond donors (Lipinski definition) is 3. The first kappa shape index (κ1) is 26.2. The second-order valence-corrected chi connectivity index (χ2v) is 10.2. The average molecular weight is 496 g/mol. The van der Waals surface area contributed by atoms with Gasteiger partial charge in [0.05, 0.1) is 13.2 Å². The Kier molecular flexibility index (Phi) is 8.64. The largest absolute Gasteiger partial charge is 0.504 e. The molecule has 2 aromatic rings. The van der Waals surface area contributed by atoms with Crippen LogP contribution in [0.5, 0.6) is 17.2 Å². The first-order valence-electron chi connectivity index (χ1n) is 13.0. The highest BCUT2D eigenvalue weighted by Crippen LogP contribution is 2.50. The van der Waals surface area contributed by atoms with Gasteiger partial charge in [-0.2, -0.15) is 0 Å². The Balaban J connectivity index is 1.29. The van der Waals surface area contributed by atoms with Crippen LogP contribution in [-0.4, -0.2) is 58.5 Å². The lowest BCUT2D eigenvalue weighted by molar-refractivity contribution is -0.121. The number of carbonyl (C=O) groups is 2. The van der Waals surface area contributed by atoms with Gasteiger partial charge in [-0.15, -0.1) is 0 Å². The molecule has 0 bridgehead atoms. The number of nitrogens with zero attached hydrogens (tertiary/aromatic N) is 1. The van der Waals surface area contributed by atoms with Crippen LogP contribution in [0, 0.1) is 17.8 Å². The molecule has 1 saturated carbocycles. The third-order valence-corrected chi connectivity index (χ3v) is 7.71. The monoisotopic (exact) mass is 495 g/mol. The summed E-state index contributed by atoms with van der Waals surface area (Å²) in [4.78, 5) is 27.7. The highest BCUT2D eigenvalue weighted by Gasteiger charge is 2.49. The average Bonchev–Trinajstić information content (AvgIpc) is 3.52. The summed E-state index contributed by atoms with van der Waals surface area (Å²) in [5.74, 6) is 0.458. The van der Waals surface area contributed by atoms with Gasteiger partial charge >= 0.3 is 0 Å². The van der Waals surface area contributed by atoms with Crippen molar-refractivity contribution >= 4 is 11.6 Å². The molecule has 1 aliphatic heterocycles. The van der Waals surface area contributed by atoms with Crippen molar-refractivity contribution < 1.29 is 29.6 Å². The zero-order valence-electron chi connectivity index (χ0n) is 20.9. The molecule has 0 amide bonds. The van der Waals surface area contributed by atoms with Gasteiger partial charge < -0.3 is 25.0 Å². The molecule has 0 spiro atoms. The van der Waals surface area contributed by atoms with Crippen LogP contribution < -0.4 is 4.74 Å². The van der Waals surface area contributed by atoms with Gasteiger partial charge in [-0.1, -0.05) is 6.07 Å². The fourth-order valence-corrected chi connectivity index (χ4v) is 5.45. The van der Waals surface area contributed by atoms with Gasteiger partial charge in [-0.3, -0.25) is 9.59 Å². The molecule has 4 rings (SSSR count). The number of aliphatic hydroxyl groups is 1. The quantitative estimate of drug-likeness (QED) is 0.213. The highest BCUT2D eigenvalue weighted by molar-refractivity contribution is 5.96. The van der Waals surface area contributed by atoms with E-state index in [0.717, 1.165) is 32.4 Å². The molecule has 3 N–H and O–H groups in total. The lowest BCUT2D eigenvalue weighted by Gasteiger charge is -2.28. The molecular formula is C29H37NO6. The zero-order chi connectivity index (χ0) is 25.7. The molecule has 2 aromatic carbocycles. The Labute approximate surface area is 212 Å². The molecule has 0 aromatic heterocycles. The number of ketones is 2. The van der Waals surface area contributed by atoms with Crippen molar-refractivity contribution in [1.82, 2.24) is 4.90 Å². The normalized spacial score (nSPS) is 21.2. The fourth-order valence-electron chi connectivity index (χ4n) is 5.45. The third kappa shape index (κ3) is 6.45. The summed E-state index contributed by atoms with van der Waals surface area (Å²) >= 11 is 0. The number of hydrogen-bond acceptors (Lipinski definition) is 7. The molecule has 2 fully saturated rings. The maximum atomic E-state index is 12.9. The van der Waals surface area contributed by atoms with Gasteiger partial charge in [0.1, 0.15) is 11.5 Å². The minimum atomic E-state index is -0.818. The topological polar surface area (TPSA) is 107 Å².